The van der Waals surface area contributed by atoms with Gasteiger partial charge in [0, 0.05) is 26.4 Å². The summed E-state index contributed by atoms with van der Waals surface area (Å²) in [6.45, 7) is 6.97. The van der Waals surface area contributed by atoms with Gasteiger partial charge in [0.25, 0.3) is 0 Å². The summed E-state index contributed by atoms with van der Waals surface area (Å²) in [5, 5.41) is 30.1. The molecular formula is C18H25LiN2O5Si. The van der Waals surface area contributed by atoms with E-state index in [2.05, 4.69) is 24.6 Å². The van der Waals surface area contributed by atoms with Crippen LogP contribution in [0, 0.1) is 0 Å². The Labute approximate surface area is 172 Å². The van der Waals surface area contributed by atoms with E-state index < -0.39 is 14.0 Å². The number of hydrogen-bond acceptors (Lipinski definition) is 6. The minimum absolute atomic E-state index is 0. The number of carbonyl (C=O) groups excluding carboxylic acids is 1. The van der Waals surface area contributed by atoms with Crippen molar-refractivity contribution in [1.29, 1.82) is 0 Å². The van der Waals surface area contributed by atoms with Crippen molar-refractivity contribution in [1.82, 2.24) is 9.55 Å². The third kappa shape index (κ3) is 6.61. The van der Waals surface area contributed by atoms with Crippen molar-refractivity contribution in [3.05, 3.63) is 41.3 Å². The zero-order valence-electron chi connectivity index (χ0n) is 16.4. The molecule has 0 unspecified atom stereocenters. The standard InChI is InChI=1S/C18H26N2O5Si.Li/c1-26(2,3)7-6-25-12-20-9-16(19-17(20)18(23)24)13-4-5-14(10-21)15(8-13)11-22;/h4-5,8-9,21-22H,6-7,10-12H2,1-3H3,(H,23,24);/q;+1/p-1. The van der Waals surface area contributed by atoms with Crippen molar-refractivity contribution < 1.29 is 43.7 Å². The fourth-order valence-electron chi connectivity index (χ4n) is 2.44. The van der Waals surface area contributed by atoms with Crippen LogP contribution in [-0.4, -0.2) is 40.4 Å². The largest absolute Gasteiger partial charge is 1.00 e. The van der Waals surface area contributed by atoms with E-state index in [0.29, 0.717) is 29.0 Å². The van der Waals surface area contributed by atoms with Gasteiger partial charge in [-0.15, -0.1) is 0 Å². The Kier molecular flexibility index (Phi) is 8.95. The molecule has 0 aliphatic heterocycles. The quantitative estimate of drug-likeness (QED) is 0.391. The Morgan fingerprint density at radius 3 is 2.44 bits per heavy atom. The molecule has 0 fully saturated rings. The molecule has 0 aliphatic rings. The Balaban J connectivity index is 0.00000364. The van der Waals surface area contributed by atoms with Gasteiger partial charge in [0.05, 0.1) is 18.9 Å². The maximum atomic E-state index is 11.4. The third-order valence-corrected chi connectivity index (χ3v) is 5.73. The van der Waals surface area contributed by atoms with E-state index in [0.717, 1.165) is 6.04 Å². The first-order valence-electron chi connectivity index (χ1n) is 8.45. The summed E-state index contributed by atoms with van der Waals surface area (Å²) in [5.41, 5.74) is 2.28. The van der Waals surface area contributed by atoms with E-state index in [-0.39, 0.29) is 44.6 Å². The van der Waals surface area contributed by atoms with Crippen LogP contribution < -0.4 is 24.0 Å². The SMILES string of the molecule is C[Si](C)(C)CCOCn1cc(-c2ccc(CO)c(CO)c2)nc1C(=O)[O-].[Li+]. The maximum absolute atomic E-state index is 11.4. The summed E-state index contributed by atoms with van der Waals surface area (Å²) in [4.78, 5) is 15.5. The number of aromatic nitrogens is 2. The molecule has 0 saturated carbocycles. The number of hydrogen-bond donors (Lipinski definition) is 2. The minimum atomic E-state index is -1.38. The van der Waals surface area contributed by atoms with E-state index in [1.165, 1.54) is 4.57 Å². The van der Waals surface area contributed by atoms with Crippen molar-refractivity contribution >= 4 is 14.0 Å². The van der Waals surface area contributed by atoms with E-state index in [9.17, 15) is 20.1 Å². The van der Waals surface area contributed by atoms with Crippen LogP contribution in [0.2, 0.25) is 25.7 Å². The minimum Gasteiger partial charge on any atom is -0.542 e. The Hall–Kier alpha value is -1.41. The van der Waals surface area contributed by atoms with Crippen molar-refractivity contribution in [2.45, 2.75) is 45.6 Å². The van der Waals surface area contributed by atoms with Crippen LogP contribution in [0.5, 0.6) is 0 Å². The molecule has 1 aromatic heterocycles. The number of aromatic carboxylic acids is 1. The summed E-state index contributed by atoms with van der Waals surface area (Å²) < 4.78 is 7.02. The Bertz CT molecular complexity index is 774. The molecule has 0 aliphatic carbocycles. The van der Waals surface area contributed by atoms with E-state index >= 15 is 0 Å². The second-order valence-electron chi connectivity index (χ2n) is 7.35. The normalized spacial score (nSPS) is 11.3. The second kappa shape index (κ2) is 10.2. The number of aliphatic hydroxyl groups is 2. The van der Waals surface area contributed by atoms with Gasteiger partial charge >= 0.3 is 18.9 Å². The van der Waals surface area contributed by atoms with Gasteiger partial charge in [-0.3, -0.25) is 0 Å². The molecule has 0 spiro atoms. The van der Waals surface area contributed by atoms with Crippen LogP contribution in [0.3, 0.4) is 0 Å². The van der Waals surface area contributed by atoms with Crippen molar-refractivity contribution in [2.24, 2.45) is 0 Å². The number of aliphatic hydroxyl groups excluding tert-OH is 2. The zero-order valence-corrected chi connectivity index (χ0v) is 17.4. The summed E-state index contributed by atoms with van der Waals surface area (Å²) in [6, 6.07) is 6.08. The van der Waals surface area contributed by atoms with Gasteiger partial charge in [0.2, 0.25) is 0 Å². The van der Waals surface area contributed by atoms with Crippen molar-refractivity contribution in [3.8, 4) is 11.3 Å². The fraction of sp³-hybridized carbons (Fsp3) is 0.444. The first-order valence-corrected chi connectivity index (χ1v) is 12.2. The molecular weight excluding hydrogens is 359 g/mol. The summed E-state index contributed by atoms with van der Waals surface area (Å²) >= 11 is 0. The molecule has 0 atom stereocenters. The molecule has 0 radical (unpaired) electrons. The first-order chi connectivity index (χ1) is 12.2. The number of ether oxygens (including phenoxy) is 1. The predicted octanol–water partition coefficient (Wildman–Crippen LogP) is -1.79. The van der Waals surface area contributed by atoms with Crippen LogP contribution in [0.4, 0.5) is 0 Å². The average molecular weight is 384 g/mol. The van der Waals surface area contributed by atoms with Crippen LogP contribution in [-0.2, 0) is 24.7 Å². The smallest absolute Gasteiger partial charge is 0.542 e. The molecule has 7 nitrogen and oxygen atoms in total. The number of benzene rings is 1. The van der Waals surface area contributed by atoms with Gasteiger partial charge in [-0.1, -0.05) is 31.8 Å². The topological polar surface area (TPSA) is 108 Å². The molecule has 27 heavy (non-hydrogen) atoms. The van der Waals surface area contributed by atoms with Crippen LogP contribution in [0.15, 0.2) is 24.4 Å². The monoisotopic (exact) mass is 384 g/mol. The molecule has 2 N–H and O–H groups in total. The molecule has 1 heterocycles. The number of carboxylic acids is 1. The molecule has 1 aromatic carbocycles. The van der Waals surface area contributed by atoms with E-state index in [1.54, 1.807) is 24.4 Å². The average Bonchev–Trinajstić information content (AvgIpc) is 3.01. The molecule has 0 saturated heterocycles. The van der Waals surface area contributed by atoms with Gasteiger partial charge in [0.15, 0.2) is 5.82 Å². The van der Waals surface area contributed by atoms with Gasteiger partial charge in [-0.25, -0.2) is 4.98 Å². The number of rotatable bonds is 9. The van der Waals surface area contributed by atoms with E-state index in [1.807, 2.05) is 0 Å². The summed E-state index contributed by atoms with van der Waals surface area (Å²) in [7, 11) is -1.22. The third-order valence-electron chi connectivity index (χ3n) is 4.03. The van der Waals surface area contributed by atoms with Gasteiger partial charge in [-0.05, 0) is 23.2 Å². The number of imidazole rings is 1. The molecule has 2 aromatic rings. The van der Waals surface area contributed by atoms with Gasteiger partial charge in [0.1, 0.15) is 12.7 Å². The maximum Gasteiger partial charge on any atom is 1.00 e. The number of carboxylic acid groups (broad SMARTS) is 1. The molecule has 9 heteroatoms. The molecule has 142 valence electrons. The molecule has 0 bridgehead atoms. The van der Waals surface area contributed by atoms with Crippen LogP contribution in [0.25, 0.3) is 11.3 Å². The van der Waals surface area contributed by atoms with Crippen molar-refractivity contribution in [2.75, 3.05) is 6.61 Å². The number of carbonyl (C=O) groups is 1. The fourth-order valence-corrected chi connectivity index (χ4v) is 3.20. The Morgan fingerprint density at radius 2 is 1.89 bits per heavy atom. The predicted molar refractivity (Wildman–Crippen MR) is 97.9 cm³/mol. The van der Waals surface area contributed by atoms with Crippen LogP contribution in [0.1, 0.15) is 21.7 Å². The summed E-state index contributed by atoms with van der Waals surface area (Å²) in [6.07, 6.45) is 1.59. The van der Waals surface area contributed by atoms with Crippen LogP contribution >= 0.6 is 0 Å². The second-order valence-corrected chi connectivity index (χ2v) is 13.0. The first kappa shape index (κ1) is 23.6. The van der Waals surface area contributed by atoms with Gasteiger partial charge < -0.3 is 29.4 Å². The Morgan fingerprint density at radius 1 is 1.22 bits per heavy atom. The molecule has 2 rings (SSSR count). The van der Waals surface area contributed by atoms with E-state index in [4.69, 9.17) is 4.74 Å². The summed E-state index contributed by atoms with van der Waals surface area (Å²) in [5.74, 6) is -1.58. The molecule has 0 amide bonds. The zero-order chi connectivity index (χ0) is 19.3. The number of nitrogens with zero attached hydrogens (tertiary/aromatic N) is 2. The van der Waals surface area contributed by atoms with Crippen molar-refractivity contribution in [3.63, 3.8) is 0 Å². The van der Waals surface area contributed by atoms with Gasteiger partial charge in [-0.2, -0.15) is 0 Å².